The van der Waals surface area contributed by atoms with Crippen molar-refractivity contribution in [2.24, 2.45) is 0 Å². The molecule has 0 N–H and O–H groups in total. The van der Waals surface area contributed by atoms with E-state index in [1.807, 2.05) is 51.1 Å². The molecule has 3 heteroatoms. The van der Waals surface area contributed by atoms with E-state index in [9.17, 15) is 13.2 Å². The second-order valence-electron chi connectivity index (χ2n) is 4.26. The predicted molar refractivity (Wildman–Crippen MR) is 76.8 cm³/mol. The van der Waals surface area contributed by atoms with Gasteiger partial charge in [0.05, 0.1) is 5.56 Å². The zero-order chi connectivity index (χ0) is 15.2. The molecule has 1 atom stereocenters. The van der Waals surface area contributed by atoms with Gasteiger partial charge in [-0.15, -0.1) is 0 Å². The van der Waals surface area contributed by atoms with E-state index in [-0.39, 0.29) is 5.92 Å². The number of rotatable bonds is 2. The van der Waals surface area contributed by atoms with Crippen molar-refractivity contribution in [3.8, 4) is 0 Å². The summed E-state index contributed by atoms with van der Waals surface area (Å²) in [4.78, 5) is 0. The zero-order valence-corrected chi connectivity index (χ0v) is 11.9. The Balaban J connectivity index is 0.000000956. The normalized spacial score (nSPS) is 12.3. The van der Waals surface area contributed by atoms with Gasteiger partial charge in [-0.1, -0.05) is 69.3 Å². The third-order valence-electron chi connectivity index (χ3n) is 3.01. The smallest absolute Gasteiger partial charge is 0.166 e. The summed E-state index contributed by atoms with van der Waals surface area (Å²) in [5.74, 6) is -0.0477. The van der Waals surface area contributed by atoms with Gasteiger partial charge < -0.3 is 0 Å². The lowest BCUT2D eigenvalue weighted by Crippen LogP contribution is -2.06. The Morgan fingerprint density at radius 3 is 1.90 bits per heavy atom. The quantitative estimate of drug-likeness (QED) is 0.644. The van der Waals surface area contributed by atoms with Crippen molar-refractivity contribution in [2.75, 3.05) is 0 Å². The predicted octanol–water partition coefficient (Wildman–Crippen LogP) is 5.88. The van der Waals surface area contributed by atoms with Gasteiger partial charge >= 0.3 is 6.18 Å². The number of benzene rings is 2. The van der Waals surface area contributed by atoms with Crippen LogP contribution in [0.1, 0.15) is 43.4 Å². The van der Waals surface area contributed by atoms with Crippen LogP contribution in [0.4, 0.5) is 13.2 Å². The molecular formula is C17H19F3. The summed E-state index contributed by atoms with van der Waals surface area (Å²) in [6, 6.07) is 15.0. The van der Waals surface area contributed by atoms with Crippen LogP contribution in [-0.4, -0.2) is 0 Å². The molecule has 2 rings (SSSR count). The van der Waals surface area contributed by atoms with E-state index in [1.165, 1.54) is 12.1 Å². The van der Waals surface area contributed by atoms with E-state index in [0.29, 0.717) is 5.56 Å². The van der Waals surface area contributed by atoms with Crippen LogP contribution in [0.25, 0.3) is 0 Å². The molecule has 0 heterocycles. The van der Waals surface area contributed by atoms with Crippen molar-refractivity contribution < 1.29 is 13.2 Å². The van der Waals surface area contributed by atoms with Gasteiger partial charge in [-0.05, 0) is 17.2 Å². The summed E-state index contributed by atoms with van der Waals surface area (Å²) in [7, 11) is 0. The van der Waals surface area contributed by atoms with Crippen LogP contribution in [0, 0.1) is 0 Å². The summed E-state index contributed by atoms with van der Waals surface area (Å²) in [6.07, 6.45) is -4.29. The van der Waals surface area contributed by atoms with Crippen LogP contribution in [0.15, 0.2) is 54.6 Å². The second kappa shape index (κ2) is 7.13. The van der Waals surface area contributed by atoms with E-state index in [2.05, 4.69) is 0 Å². The molecule has 0 aliphatic carbocycles. The highest BCUT2D eigenvalue weighted by Gasteiger charge is 2.30. The first-order chi connectivity index (χ1) is 9.48. The summed E-state index contributed by atoms with van der Waals surface area (Å²) in [5.41, 5.74) is 1.09. The SMILES string of the molecule is CC.CC(c1ccccc1)c1cccc(C(F)(F)F)c1. The van der Waals surface area contributed by atoms with E-state index < -0.39 is 11.7 Å². The lowest BCUT2D eigenvalue weighted by atomic mass is 9.92. The van der Waals surface area contributed by atoms with Crippen LogP contribution in [0.3, 0.4) is 0 Å². The fourth-order valence-corrected chi connectivity index (χ4v) is 1.92. The number of alkyl halides is 3. The van der Waals surface area contributed by atoms with Gasteiger partial charge in [-0.3, -0.25) is 0 Å². The van der Waals surface area contributed by atoms with Gasteiger partial charge in [-0.25, -0.2) is 0 Å². The Hall–Kier alpha value is -1.77. The first-order valence-corrected chi connectivity index (χ1v) is 6.70. The molecule has 0 bridgehead atoms. The maximum atomic E-state index is 12.6. The van der Waals surface area contributed by atoms with Crippen LogP contribution in [0.5, 0.6) is 0 Å². The Morgan fingerprint density at radius 2 is 1.35 bits per heavy atom. The van der Waals surface area contributed by atoms with Crippen LogP contribution >= 0.6 is 0 Å². The largest absolute Gasteiger partial charge is 0.416 e. The Morgan fingerprint density at radius 1 is 0.800 bits per heavy atom. The molecule has 0 radical (unpaired) electrons. The molecule has 0 aliphatic heterocycles. The Labute approximate surface area is 118 Å². The molecule has 1 unspecified atom stereocenters. The third kappa shape index (κ3) is 4.12. The maximum Gasteiger partial charge on any atom is 0.416 e. The number of hydrogen-bond donors (Lipinski definition) is 0. The second-order valence-corrected chi connectivity index (χ2v) is 4.26. The average Bonchev–Trinajstić information content (AvgIpc) is 2.49. The van der Waals surface area contributed by atoms with E-state index in [4.69, 9.17) is 0 Å². The topological polar surface area (TPSA) is 0 Å². The molecule has 108 valence electrons. The van der Waals surface area contributed by atoms with Gasteiger partial charge in [0.25, 0.3) is 0 Å². The van der Waals surface area contributed by atoms with E-state index in [0.717, 1.165) is 11.6 Å². The molecule has 0 spiro atoms. The van der Waals surface area contributed by atoms with Gasteiger partial charge in [0, 0.05) is 5.92 Å². The highest BCUT2D eigenvalue weighted by Crippen LogP contribution is 2.32. The fraction of sp³-hybridized carbons (Fsp3) is 0.294. The molecule has 2 aromatic rings. The first kappa shape index (κ1) is 16.3. The van der Waals surface area contributed by atoms with Crippen molar-refractivity contribution >= 4 is 0 Å². The Kier molecular flexibility index (Phi) is 5.81. The van der Waals surface area contributed by atoms with Gasteiger partial charge in [-0.2, -0.15) is 13.2 Å². The molecule has 0 aliphatic rings. The highest BCUT2D eigenvalue weighted by molar-refractivity contribution is 5.34. The molecule has 20 heavy (non-hydrogen) atoms. The minimum atomic E-state index is -4.29. The zero-order valence-electron chi connectivity index (χ0n) is 11.9. The standard InChI is InChI=1S/C15H13F3.C2H6/c1-11(12-6-3-2-4-7-12)13-8-5-9-14(10-13)15(16,17)18;1-2/h2-11H,1H3;1-2H3. The van der Waals surface area contributed by atoms with Gasteiger partial charge in [0.2, 0.25) is 0 Å². The average molecular weight is 280 g/mol. The summed E-state index contributed by atoms with van der Waals surface area (Å²) < 4.78 is 37.9. The monoisotopic (exact) mass is 280 g/mol. The maximum absolute atomic E-state index is 12.6. The summed E-state index contributed by atoms with van der Waals surface area (Å²) in [6.45, 7) is 5.91. The highest BCUT2D eigenvalue weighted by atomic mass is 19.4. The Bertz CT molecular complexity index is 515. The lowest BCUT2D eigenvalue weighted by Gasteiger charge is -2.14. The van der Waals surface area contributed by atoms with Crippen LogP contribution < -0.4 is 0 Å². The molecule has 2 aromatic carbocycles. The van der Waals surface area contributed by atoms with Crippen molar-refractivity contribution in [3.05, 3.63) is 71.3 Å². The molecule has 0 fully saturated rings. The number of hydrogen-bond acceptors (Lipinski definition) is 0. The number of halogens is 3. The summed E-state index contributed by atoms with van der Waals surface area (Å²) in [5, 5.41) is 0. The molecule has 0 saturated heterocycles. The van der Waals surface area contributed by atoms with Crippen molar-refractivity contribution in [3.63, 3.8) is 0 Å². The fourth-order valence-electron chi connectivity index (χ4n) is 1.92. The van der Waals surface area contributed by atoms with Crippen molar-refractivity contribution in [1.29, 1.82) is 0 Å². The van der Waals surface area contributed by atoms with Gasteiger partial charge in [0.15, 0.2) is 0 Å². The molecule has 0 nitrogen and oxygen atoms in total. The molecule has 0 amide bonds. The minimum Gasteiger partial charge on any atom is -0.166 e. The molecular weight excluding hydrogens is 261 g/mol. The molecule has 0 saturated carbocycles. The van der Waals surface area contributed by atoms with E-state index >= 15 is 0 Å². The summed E-state index contributed by atoms with van der Waals surface area (Å²) >= 11 is 0. The van der Waals surface area contributed by atoms with Crippen LogP contribution in [0.2, 0.25) is 0 Å². The third-order valence-corrected chi connectivity index (χ3v) is 3.01. The lowest BCUT2D eigenvalue weighted by molar-refractivity contribution is -0.137. The first-order valence-electron chi connectivity index (χ1n) is 6.70. The van der Waals surface area contributed by atoms with Crippen molar-refractivity contribution in [2.45, 2.75) is 32.9 Å². The van der Waals surface area contributed by atoms with E-state index in [1.54, 1.807) is 6.07 Å². The minimum absolute atomic E-state index is 0.0477. The van der Waals surface area contributed by atoms with Crippen molar-refractivity contribution in [1.82, 2.24) is 0 Å². The molecule has 0 aromatic heterocycles. The van der Waals surface area contributed by atoms with Crippen LogP contribution in [-0.2, 0) is 6.18 Å². The van der Waals surface area contributed by atoms with Gasteiger partial charge in [0.1, 0.15) is 0 Å².